The minimum Gasteiger partial charge on any atom is -0.496 e. The molecule has 0 spiro atoms. The first-order valence-corrected chi connectivity index (χ1v) is 9.07. The molecule has 32 heavy (non-hydrogen) atoms. The Kier molecular flexibility index (Phi) is 8.17. The Labute approximate surface area is 180 Å². The van der Waals surface area contributed by atoms with E-state index in [2.05, 4.69) is 9.97 Å². The fourth-order valence-corrected chi connectivity index (χ4v) is 2.56. The lowest BCUT2D eigenvalue weighted by molar-refractivity contribution is -0.192. The van der Waals surface area contributed by atoms with Gasteiger partial charge in [0.25, 0.3) is 0 Å². The van der Waals surface area contributed by atoms with Gasteiger partial charge in [0.2, 0.25) is 0 Å². The highest BCUT2D eigenvalue weighted by molar-refractivity contribution is 5.85. The Balaban J connectivity index is 0.000000451. The molecule has 10 heteroatoms. The molecule has 0 fully saturated rings. The lowest BCUT2D eigenvalue weighted by atomic mass is 10.1. The first-order valence-electron chi connectivity index (χ1n) is 9.07. The van der Waals surface area contributed by atoms with E-state index in [9.17, 15) is 18.0 Å². The van der Waals surface area contributed by atoms with Gasteiger partial charge in [-0.05, 0) is 29.3 Å². The summed E-state index contributed by atoms with van der Waals surface area (Å²) in [5.74, 6) is -2.06. The smallest absolute Gasteiger partial charge is 0.490 e. The molecule has 168 valence electrons. The van der Waals surface area contributed by atoms with Crippen molar-refractivity contribution in [3.8, 4) is 17.0 Å². The van der Waals surface area contributed by atoms with Crippen LogP contribution in [0.25, 0.3) is 17.3 Å². The molecule has 7 nitrogen and oxygen atoms in total. The fourth-order valence-electron chi connectivity index (χ4n) is 2.56. The Bertz CT molecular complexity index is 1090. The monoisotopic (exact) mass is 448 g/mol. The third kappa shape index (κ3) is 7.31. The molecule has 1 heterocycles. The zero-order valence-corrected chi connectivity index (χ0v) is 16.8. The normalized spacial score (nSPS) is 11.0. The molecule has 2 aromatic carbocycles. The van der Waals surface area contributed by atoms with Crippen molar-refractivity contribution in [3.05, 3.63) is 77.8 Å². The van der Waals surface area contributed by atoms with E-state index in [0.717, 1.165) is 40.0 Å². The van der Waals surface area contributed by atoms with Gasteiger partial charge in [-0.3, -0.25) is 0 Å². The van der Waals surface area contributed by atoms with Gasteiger partial charge in [-0.15, -0.1) is 0 Å². The largest absolute Gasteiger partial charge is 0.496 e. The van der Waals surface area contributed by atoms with Crippen molar-refractivity contribution in [1.82, 2.24) is 9.97 Å². The Morgan fingerprint density at radius 3 is 2.28 bits per heavy atom. The molecule has 0 saturated heterocycles. The van der Waals surface area contributed by atoms with Crippen LogP contribution >= 0.6 is 0 Å². The number of hydrogen-bond acceptors (Lipinski definition) is 4. The summed E-state index contributed by atoms with van der Waals surface area (Å²) in [5.41, 5.74) is 3.82. The minimum atomic E-state index is -5.08. The summed E-state index contributed by atoms with van der Waals surface area (Å²) in [4.78, 5) is 27.2. The van der Waals surface area contributed by atoms with E-state index in [1.54, 1.807) is 19.4 Å². The summed E-state index contributed by atoms with van der Waals surface area (Å²) in [7, 11) is 1.65. The van der Waals surface area contributed by atoms with E-state index in [4.69, 9.17) is 19.7 Å². The molecule has 0 aliphatic rings. The van der Waals surface area contributed by atoms with Gasteiger partial charge in [0.1, 0.15) is 11.6 Å². The second-order valence-corrected chi connectivity index (χ2v) is 6.34. The summed E-state index contributed by atoms with van der Waals surface area (Å²) in [6.07, 6.45) is 0.0784. The van der Waals surface area contributed by atoms with Crippen LogP contribution in [0.5, 0.6) is 5.75 Å². The summed E-state index contributed by atoms with van der Waals surface area (Å²) in [6.45, 7) is 0. The lowest BCUT2D eigenvalue weighted by Crippen LogP contribution is -2.21. The number of ether oxygens (including phenoxy) is 1. The standard InChI is InChI=1S/C20H18N2O3.C2HF3O2/c1-25-18-5-3-2-4-16(18)17-13-21-19(22-17)12-15-8-6-14(7-9-15)10-11-20(23)24;3-2(4,5)1(6)7/h2-11,13H,12H2,1H3,(H,21,22)(H,23,24);(H,6,7)/b11-10+;. The lowest BCUT2D eigenvalue weighted by Gasteiger charge is -2.05. The SMILES string of the molecule is COc1ccccc1-c1cnc(Cc2ccc(/C=C/C(=O)O)cc2)[nH]1.O=C(O)C(F)(F)F. The van der Waals surface area contributed by atoms with E-state index in [-0.39, 0.29) is 0 Å². The molecule has 0 saturated carbocycles. The van der Waals surface area contributed by atoms with Gasteiger partial charge < -0.3 is 19.9 Å². The van der Waals surface area contributed by atoms with Crippen LogP contribution in [0.1, 0.15) is 17.0 Å². The molecular weight excluding hydrogens is 429 g/mol. The molecule has 0 aliphatic heterocycles. The van der Waals surface area contributed by atoms with Crippen molar-refractivity contribution in [2.45, 2.75) is 12.6 Å². The maximum absolute atomic E-state index is 10.6. The molecule has 3 aromatic rings. The van der Waals surface area contributed by atoms with Crippen LogP contribution in [-0.4, -0.2) is 45.4 Å². The molecule has 3 rings (SSSR count). The average Bonchev–Trinajstić information content (AvgIpc) is 3.21. The molecule has 0 bridgehead atoms. The second-order valence-electron chi connectivity index (χ2n) is 6.34. The van der Waals surface area contributed by atoms with E-state index in [1.807, 2.05) is 48.5 Å². The van der Waals surface area contributed by atoms with Crippen LogP contribution in [0.3, 0.4) is 0 Å². The van der Waals surface area contributed by atoms with Crippen molar-refractivity contribution in [3.63, 3.8) is 0 Å². The van der Waals surface area contributed by atoms with Crippen molar-refractivity contribution in [2.24, 2.45) is 0 Å². The van der Waals surface area contributed by atoms with Crippen LogP contribution in [0.2, 0.25) is 0 Å². The number of aliphatic carboxylic acids is 2. The number of carboxylic acid groups (broad SMARTS) is 2. The predicted molar refractivity (Wildman–Crippen MR) is 110 cm³/mol. The number of carbonyl (C=O) groups is 2. The first kappa shape index (κ1) is 24.2. The zero-order valence-electron chi connectivity index (χ0n) is 16.8. The van der Waals surface area contributed by atoms with Gasteiger partial charge in [0.05, 0.1) is 19.0 Å². The Morgan fingerprint density at radius 1 is 1.09 bits per heavy atom. The van der Waals surface area contributed by atoms with Crippen LogP contribution < -0.4 is 4.74 Å². The summed E-state index contributed by atoms with van der Waals surface area (Å²) in [5, 5.41) is 15.8. The van der Waals surface area contributed by atoms with Crippen molar-refractivity contribution in [2.75, 3.05) is 7.11 Å². The van der Waals surface area contributed by atoms with Gasteiger partial charge >= 0.3 is 18.1 Å². The number of H-pyrrole nitrogens is 1. The number of benzene rings is 2. The van der Waals surface area contributed by atoms with E-state index in [1.165, 1.54) is 0 Å². The number of carboxylic acids is 2. The summed E-state index contributed by atoms with van der Waals surface area (Å²) in [6, 6.07) is 15.5. The molecule has 0 radical (unpaired) electrons. The molecule has 0 unspecified atom stereocenters. The topological polar surface area (TPSA) is 113 Å². The van der Waals surface area contributed by atoms with Gasteiger partial charge in [-0.2, -0.15) is 13.2 Å². The van der Waals surface area contributed by atoms with Crippen LogP contribution in [0, 0.1) is 0 Å². The van der Waals surface area contributed by atoms with Crippen molar-refractivity contribution >= 4 is 18.0 Å². The molecule has 3 N–H and O–H groups in total. The number of aromatic amines is 1. The fraction of sp³-hybridized carbons (Fsp3) is 0.136. The van der Waals surface area contributed by atoms with Crippen molar-refractivity contribution < 1.29 is 37.7 Å². The molecule has 0 aliphatic carbocycles. The van der Waals surface area contributed by atoms with E-state index >= 15 is 0 Å². The minimum absolute atomic E-state index is 0.665. The second kappa shape index (κ2) is 10.8. The Hall–Kier alpha value is -4.08. The number of para-hydroxylation sites is 1. The highest BCUT2D eigenvalue weighted by atomic mass is 19.4. The third-order valence-electron chi connectivity index (χ3n) is 4.04. The average molecular weight is 448 g/mol. The number of halogens is 3. The van der Waals surface area contributed by atoms with Crippen LogP contribution in [-0.2, 0) is 16.0 Å². The van der Waals surface area contributed by atoms with Crippen LogP contribution in [0.15, 0.2) is 60.8 Å². The quantitative estimate of drug-likeness (QED) is 0.482. The van der Waals surface area contributed by atoms with Gasteiger partial charge in [0, 0.05) is 18.1 Å². The number of nitrogens with zero attached hydrogens (tertiary/aromatic N) is 1. The molecular formula is C22H19F3N2O5. The van der Waals surface area contributed by atoms with Crippen LogP contribution in [0.4, 0.5) is 13.2 Å². The van der Waals surface area contributed by atoms with Gasteiger partial charge in [-0.1, -0.05) is 36.4 Å². The highest BCUT2D eigenvalue weighted by Gasteiger charge is 2.38. The zero-order chi connectivity index (χ0) is 23.7. The number of hydrogen-bond donors (Lipinski definition) is 3. The number of imidazole rings is 1. The maximum atomic E-state index is 10.6. The number of methoxy groups -OCH3 is 1. The molecule has 0 amide bonds. The third-order valence-corrected chi connectivity index (χ3v) is 4.04. The number of nitrogens with one attached hydrogen (secondary N) is 1. The van der Waals surface area contributed by atoms with Gasteiger partial charge in [0.15, 0.2) is 0 Å². The first-order chi connectivity index (χ1) is 15.1. The van der Waals surface area contributed by atoms with E-state index in [0.29, 0.717) is 6.42 Å². The number of rotatable bonds is 6. The molecule has 0 atom stereocenters. The van der Waals surface area contributed by atoms with Gasteiger partial charge in [-0.25, -0.2) is 14.6 Å². The maximum Gasteiger partial charge on any atom is 0.490 e. The highest BCUT2D eigenvalue weighted by Crippen LogP contribution is 2.28. The predicted octanol–water partition coefficient (Wildman–Crippen LogP) is 4.41. The number of aromatic nitrogens is 2. The summed E-state index contributed by atoms with van der Waals surface area (Å²) >= 11 is 0. The molecule has 1 aromatic heterocycles. The van der Waals surface area contributed by atoms with E-state index < -0.39 is 18.1 Å². The van der Waals surface area contributed by atoms with Crippen molar-refractivity contribution in [1.29, 1.82) is 0 Å². The Morgan fingerprint density at radius 2 is 1.72 bits per heavy atom. The number of alkyl halides is 3. The summed E-state index contributed by atoms with van der Waals surface area (Å²) < 4.78 is 37.1.